The van der Waals surface area contributed by atoms with Crippen LogP contribution in [0.25, 0.3) is 0 Å². The number of hydrogen-bond donors (Lipinski definition) is 1. The van der Waals surface area contributed by atoms with Crippen molar-refractivity contribution >= 4 is 21.6 Å². The highest BCUT2D eigenvalue weighted by Crippen LogP contribution is 2.27. The zero-order valence-electron chi connectivity index (χ0n) is 18.3. The highest BCUT2D eigenvalue weighted by atomic mass is 32.2. The number of ether oxygens (including phenoxy) is 1. The fourth-order valence-electron chi connectivity index (χ4n) is 3.70. The molecule has 0 spiro atoms. The van der Waals surface area contributed by atoms with Gasteiger partial charge in [0.15, 0.2) is 0 Å². The molecule has 3 rings (SSSR count). The molecule has 0 fully saturated rings. The topological polar surface area (TPSA) is 75.7 Å². The van der Waals surface area contributed by atoms with Gasteiger partial charge in [0.2, 0.25) is 0 Å². The van der Waals surface area contributed by atoms with Crippen LogP contribution in [0, 0.1) is 6.92 Å². The molecule has 0 aliphatic heterocycles. The second-order valence-corrected chi connectivity index (χ2v) is 9.73. The summed E-state index contributed by atoms with van der Waals surface area (Å²) < 4.78 is 32.5. The van der Waals surface area contributed by atoms with Gasteiger partial charge in [-0.3, -0.25) is 9.10 Å². The van der Waals surface area contributed by atoms with Crippen molar-refractivity contribution in [3.8, 4) is 5.75 Å². The number of methoxy groups -OCH3 is 1. The number of carbonyl (C=O) groups is 1. The molecule has 7 heteroatoms. The molecule has 2 aromatic carbocycles. The first kappa shape index (κ1) is 22.9. The largest absolute Gasteiger partial charge is 0.497 e. The normalized spacial score (nSPS) is 14.0. The standard InChI is InChI=1S/C24H30N2O4S/c1-18-9-10-20(24(27)25-16-15-19-7-5-4-6-8-19)17-23(18)26(2)31(28,29)22-13-11-21(30-3)12-14-22/h7,9-14,17H,4-6,8,15-16H2,1-3H3,(H,25,27). The van der Waals surface area contributed by atoms with E-state index in [1.807, 2.05) is 6.92 Å². The van der Waals surface area contributed by atoms with Crippen LogP contribution in [0.1, 0.15) is 48.0 Å². The van der Waals surface area contributed by atoms with Crippen molar-refractivity contribution in [2.45, 2.75) is 43.9 Å². The van der Waals surface area contributed by atoms with Crippen LogP contribution in [0.3, 0.4) is 0 Å². The average molecular weight is 443 g/mol. The van der Waals surface area contributed by atoms with E-state index < -0.39 is 10.0 Å². The number of hydrogen-bond acceptors (Lipinski definition) is 4. The lowest BCUT2D eigenvalue weighted by atomic mass is 9.97. The molecule has 0 heterocycles. The Kier molecular flexibility index (Phi) is 7.38. The van der Waals surface area contributed by atoms with Gasteiger partial charge in [0, 0.05) is 19.2 Å². The van der Waals surface area contributed by atoms with E-state index in [1.54, 1.807) is 30.3 Å². The van der Waals surface area contributed by atoms with Crippen LogP contribution < -0.4 is 14.4 Å². The summed E-state index contributed by atoms with van der Waals surface area (Å²) in [5.41, 5.74) is 3.08. The lowest BCUT2D eigenvalue weighted by molar-refractivity contribution is 0.0954. The third kappa shape index (κ3) is 5.47. The van der Waals surface area contributed by atoms with Gasteiger partial charge in [-0.25, -0.2) is 8.42 Å². The Labute approximate surface area is 185 Å². The van der Waals surface area contributed by atoms with Crippen LogP contribution in [0.4, 0.5) is 5.69 Å². The lowest BCUT2D eigenvalue weighted by Crippen LogP contribution is -2.28. The van der Waals surface area contributed by atoms with E-state index in [0.717, 1.165) is 24.8 Å². The summed E-state index contributed by atoms with van der Waals surface area (Å²) in [5.74, 6) is 0.383. The molecular weight excluding hydrogens is 412 g/mol. The van der Waals surface area contributed by atoms with Gasteiger partial charge >= 0.3 is 0 Å². The molecule has 166 valence electrons. The minimum absolute atomic E-state index is 0.158. The molecule has 0 unspecified atom stereocenters. The third-order valence-corrected chi connectivity index (χ3v) is 7.43. The molecular formula is C24H30N2O4S. The van der Waals surface area contributed by atoms with E-state index in [4.69, 9.17) is 4.74 Å². The predicted molar refractivity (Wildman–Crippen MR) is 123 cm³/mol. The lowest BCUT2D eigenvalue weighted by Gasteiger charge is -2.22. The van der Waals surface area contributed by atoms with Crippen LogP contribution in [-0.4, -0.2) is 35.0 Å². The fraction of sp³-hybridized carbons (Fsp3) is 0.375. The summed E-state index contributed by atoms with van der Waals surface area (Å²) in [5, 5.41) is 2.95. The summed E-state index contributed by atoms with van der Waals surface area (Å²) in [6, 6.07) is 11.4. The maximum absolute atomic E-state index is 13.1. The zero-order valence-corrected chi connectivity index (χ0v) is 19.2. The van der Waals surface area contributed by atoms with Crippen molar-refractivity contribution in [1.29, 1.82) is 0 Å². The number of nitrogens with zero attached hydrogens (tertiary/aromatic N) is 1. The molecule has 2 aromatic rings. The number of rotatable bonds is 8. The van der Waals surface area contributed by atoms with Crippen molar-refractivity contribution in [3.05, 3.63) is 65.2 Å². The Balaban J connectivity index is 1.74. The van der Waals surface area contributed by atoms with Crippen molar-refractivity contribution in [2.75, 3.05) is 25.0 Å². The highest BCUT2D eigenvalue weighted by Gasteiger charge is 2.23. The number of sulfonamides is 1. The van der Waals surface area contributed by atoms with E-state index in [2.05, 4.69) is 11.4 Å². The van der Waals surface area contributed by atoms with Crippen molar-refractivity contribution in [3.63, 3.8) is 0 Å². The van der Waals surface area contributed by atoms with Gasteiger partial charge in [0.05, 0.1) is 17.7 Å². The molecule has 0 atom stereocenters. The fourth-order valence-corrected chi connectivity index (χ4v) is 4.95. The van der Waals surface area contributed by atoms with Gasteiger partial charge in [0.1, 0.15) is 5.75 Å². The third-order valence-electron chi connectivity index (χ3n) is 5.65. The number of aryl methyl sites for hydroxylation is 1. The number of allylic oxidation sites excluding steroid dienone is 1. The van der Waals surface area contributed by atoms with Crippen LogP contribution in [-0.2, 0) is 10.0 Å². The SMILES string of the molecule is COc1ccc(S(=O)(=O)N(C)c2cc(C(=O)NCCC3=CCCCC3)ccc2C)cc1. The molecule has 1 aliphatic carbocycles. The van der Waals surface area contributed by atoms with E-state index in [9.17, 15) is 13.2 Å². The van der Waals surface area contributed by atoms with Gasteiger partial charge in [-0.1, -0.05) is 17.7 Å². The molecule has 1 N–H and O–H groups in total. The monoisotopic (exact) mass is 442 g/mol. The van der Waals surface area contributed by atoms with E-state index >= 15 is 0 Å². The van der Waals surface area contributed by atoms with Gasteiger partial charge in [0.25, 0.3) is 15.9 Å². The first-order valence-electron chi connectivity index (χ1n) is 10.5. The summed E-state index contributed by atoms with van der Waals surface area (Å²) in [7, 11) is -0.746. The molecule has 1 aliphatic rings. The Morgan fingerprint density at radius 3 is 2.52 bits per heavy atom. The average Bonchev–Trinajstić information content (AvgIpc) is 2.79. The second-order valence-electron chi connectivity index (χ2n) is 7.76. The smallest absolute Gasteiger partial charge is 0.264 e. The maximum atomic E-state index is 13.1. The molecule has 0 saturated carbocycles. The highest BCUT2D eigenvalue weighted by molar-refractivity contribution is 7.92. The summed E-state index contributed by atoms with van der Waals surface area (Å²) in [6.45, 7) is 2.40. The Morgan fingerprint density at radius 2 is 1.87 bits per heavy atom. The first-order valence-corrected chi connectivity index (χ1v) is 12.0. The summed E-state index contributed by atoms with van der Waals surface area (Å²) >= 11 is 0. The number of anilines is 1. The van der Waals surface area contributed by atoms with Crippen molar-refractivity contribution in [1.82, 2.24) is 5.32 Å². The van der Waals surface area contributed by atoms with Gasteiger partial charge in [-0.05, 0) is 81.0 Å². The summed E-state index contributed by atoms with van der Waals surface area (Å²) in [6.07, 6.45) is 7.83. The maximum Gasteiger partial charge on any atom is 0.264 e. The molecule has 0 aromatic heterocycles. The van der Waals surface area contributed by atoms with E-state index in [1.165, 1.54) is 49.0 Å². The van der Waals surface area contributed by atoms with Crippen molar-refractivity contribution in [2.24, 2.45) is 0 Å². The van der Waals surface area contributed by atoms with Crippen LogP contribution in [0.5, 0.6) is 5.75 Å². The Bertz CT molecular complexity index is 1060. The van der Waals surface area contributed by atoms with Crippen LogP contribution in [0.15, 0.2) is 59.0 Å². The predicted octanol–water partition coefficient (Wildman–Crippen LogP) is 4.45. The Morgan fingerprint density at radius 1 is 1.13 bits per heavy atom. The van der Waals surface area contributed by atoms with Gasteiger partial charge in [-0.2, -0.15) is 0 Å². The second kappa shape index (κ2) is 10.0. The number of nitrogens with one attached hydrogen (secondary N) is 1. The molecule has 1 amide bonds. The van der Waals surface area contributed by atoms with Crippen LogP contribution >= 0.6 is 0 Å². The number of amides is 1. The quantitative estimate of drug-likeness (QED) is 0.613. The van der Waals surface area contributed by atoms with Crippen LogP contribution in [0.2, 0.25) is 0 Å². The molecule has 31 heavy (non-hydrogen) atoms. The van der Waals surface area contributed by atoms with Gasteiger partial charge < -0.3 is 10.1 Å². The summed E-state index contributed by atoms with van der Waals surface area (Å²) in [4.78, 5) is 12.8. The molecule has 6 nitrogen and oxygen atoms in total. The van der Waals surface area contributed by atoms with E-state index in [0.29, 0.717) is 23.5 Å². The zero-order chi connectivity index (χ0) is 22.4. The molecule has 0 saturated heterocycles. The van der Waals surface area contributed by atoms with E-state index in [-0.39, 0.29) is 10.8 Å². The first-order chi connectivity index (χ1) is 14.8. The number of benzene rings is 2. The Hall–Kier alpha value is -2.80. The van der Waals surface area contributed by atoms with Gasteiger partial charge in [-0.15, -0.1) is 0 Å². The number of carbonyl (C=O) groups excluding carboxylic acids is 1. The minimum atomic E-state index is -3.77. The molecule has 0 radical (unpaired) electrons. The van der Waals surface area contributed by atoms with Crippen molar-refractivity contribution < 1.29 is 17.9 Å². The minimum Gasteiger partial charge on any atom is -0.497 e. The molecule has 0 bridgehead atoms.